The second kappa shape index (κ2) is 4.39. The molecule has 0 aliphatic heterocycles. The molecule has 3 rings (SSSR count). The van der Waals surface area contributed by atoms with Crippen molar-refractivity contribution in [2.45, 2.75) is 13.8 Å². The molecule has 3 aromatic rings. The highest BCUT2D eigenvalue weighted by Crippen LogP contribution is 2.32. The number of fused-ring (bicyclic) bond motifs is 1. The van der Waals surface area contributed by atoms with Gasteiger partial charge in [-0.1, -0.05) is 42.5 Å². The zero-order valence-corrected chi connectivity index (χ0v) is 11.1. The second-order valence-corrected chi connectivity index (χ2v) is 4.77. The highest BCUT2D eigenvalue weighted by Gasteiger charge is 2.12. The van der Waals surface area contributed by atoms with E-state index >= 15 is 0 Å². The molecule has 0 amide bonds. The monoisotopic (exact) mass is 249 g/mol. The Morgan fingerprint density at radius 3 is 2.42 bits per heavy atom. The summed E-state index contributed by atoms with van der Waals surface area (Å²) in [5.74, 6) is 0.0447. The Morgan fingerprint density at radius 2 is 1.74 bits per heavy atom. The summed E-state index contributed by atoms with van der Waals surface area (Å²) in [4.78, 5) is 11.7. The van der Waals surface area contributed by atoms with Crippen LogP contribution in [0.3, 0.4) is 0 Å². The average molecular weight is 249 g/mol. The van der Waals surface area contributed by atoms with E-state index < -0.39 is 0 Å². The van der Waals surface area contributed by atoms with E-state index in [-0.39, 0.29) is 5.91 Å². The van der Waals surface area contributed by atoms with Crippen molar-refractivity contribution in [1.29, 1.82) is 0 Å². The van der Waals surface area contributed by atoms with Gasteiger partial charge in [-0.25, -0.2) is 0 Å². The van der Waals surface area contributed by atoms with Crippen molar-refractivity contribution in [1.82, 2.24) is 4.57 Å². The molecule has 19 heavy (non-hydrogen) atoms. The normalized spacial score (nSPS) is 10.8. The summed E-state index contributed by atoms with van der Waals surface area (Å²) in [6.45, 7) is 3.64. The molecule has 0 atom stereocenters. The Labute approximate surface area is 112 Å². The van der Waals surface area contributed by atoms with E-state index in [1.165, 1.54) is 11.1 Å². The highest BCUT2D eigenvalue weighted by atomic mass is 16.1. The lowest BCUT2D eigenvalue weighted by Crippen LogP contribution is -2.02. The van der Waals surface area contributed by atoms with Gasteiger partial charge in [0.15, 0.2) is 0 Å². The maximum atomic E-state index is 11.7. The van der Waals surface area contributed by atoms with Gasteiger partial charge in [0.05, 0.1) is 5.52 Å². The van der Waals surface area contributed by atoms with Gasteiger partial charge in [0.1, 0.15) is 0 Å². The van der Waals surface area contributed by atoms with E-state index in [9.17, 15) is 4.79 Å². The fraction of sp³-hybridized carbons (Fsp3) is 0.118. The Balaban J connectivity index is 2.36. The third kappa shape index (κ3) is 1.85. The zero-order chi connectivity index (χ0) is 13.4. The predicted octanol–water partition coefficient (Wildman–Crippen LogP) is 4.28. The molecule has 94 valence electrons. The molecular weight excluding hydrogens is 234 g/mol. The molecule has 2 nitrogen and oxygen atoms in total. The van der Waals surface area contributed by atoms with E-state index in [2.05, 4.69) is 18.2 Å². The van der Waals surface area contributed by atoms with Gasteiger partial charge in [0.2, 0.25) is 5.91 Å². The maximum Gasteiger partial charge on any atom is 0.227 e. The molecule has 1 aromatic heterocycles. The summed E-state index contributed by atoms with van der Waals surface area (Å²) < 4.78 is 1.72. The summed E-state index contributed by atoms with van der Waals surface area (Å²) in [5, 5.41) is 1.16. The Bertz CT molecular complexity index is 754. The van der Waals surface area contributed by atoms with E-state index in [4.69, 9.17) is 0 Å². The van der Waals surface area contributed by atoms with Gasteiger partial charge in [-0.3, -0.25) is 9.36 Å². The molecule has 2 heteroatoms. The molecule has 0 aliphatic rings. The van der Waals surface area contributed by atoms with E-state index in [1.54, 1.807) is 11.5 Å². The van der Waals surface area contributed by atoms with Crippen molar-refractivity contribution in [2.75, 3.05) is 0 Å². The number of carbonyl (C=O) groups excluding carboxylic acids is 1. The number of hydrogen-bond acceptors (Lipinski definition) is 1. The molecule has 0 saturated heterocycles. The van der Waals surface area contributed by atoms with Crippen LogP contribution in [0.1, 0.15) is 17.3 Å². The smallest absolute Gasteiger partial charge is 0.227 e. The molecular formula is C17H15NO. The first-order valence-corrected chi connectivity index (χ1v) is 6.35. The second-order valence-electron chi connectivity index (χ2n) is 4.77. The number of rotatable bonds is 1. The lowest BCUT2D eigenvalue weighted by Gasteiger charge is -2.05. The largest absolute Gasteiger partial charge is 0.287 e. The first-order valence-electron chi connectivity index (χ1n) is 6.35. The van der Waals surface area contributed by atoms with E-state index in [0.29, 0.717) is 0 Å². The van der Waals surface area contributed by atoms with Crippen molar-refractivity contribution >= 4 is 16.8 Å². The molecule has 0 fully saturated rings. The van der Waals surface area contributed by atoms with Gasteiger partial charge in [0.25, 0.3) is 0 Å². The van der Waals surface area contributed by atoms with Crippen molar-refractivity contribution in [3.8, 4) is 11.1 Å². The first-order chi connectivity index (χ1) is 9.18. The summed E-state index contributed by atoms with van der Waals surface area (Å²) in [5.41, 5.74) is 4.46. The van der Waals surface area contributed by atoms with Crippen LogP contribution in [0.2, 0.25) is 0 Å². The quantitative estimate of drug-likeness (QED) is 0.631. The summed E-state index contributed by atoms with van der Waals surface area (Å²) in [6.07, 6.45) is 1.92. The molecule has 0 N–H and O–H groups in total. The van der Waals surface area contributed by atoms with Gasteiger partial charge < -0.3 is 0 Å². The van der Waals surface area contributed by atoms with Crippen LogP contribution in [-0.4, -0.2) is 10.5 Å². The minimum atomic E-state index is 0.0447. The van der Waals surface area contributed by atoms with Crippen LogP contribution in [-0.2, 0) is 0 Å². The Hall–Kier alpha value is -2.35. The summed E-state index contributed by atoms with van der Waals surface area (Å²) in [6, 6.07) is 16.4. The van der Waals surface area contributed by atoms with E-state index in [0.717, 1.165) is 16.5 Å². The SMILES string of the molecule is CC(=O)n1cc(C)c2c(-c3ccccc3)cccc21. The average Bonchev–Trinajstić information content (AvgIpc) is 2.78. The molecule has 0 radical (unpaired) electrons. The minimum Gasteiger partial charge on any atom is -0.287 e. The number of aromatic nitrogens is 1. The molecule has 0 saturated carbocycles. The standard InChI is InChI=1S/C17H15NO/c1-12-11-18(13(2)19)16-10-6-9-15(17(12)16)14-7-4-3-5-8-14/h3-11H,1-2H3. The van der Waals surface area contributed by atoms with Gasteiger partial charge in [0, 0.05) is 18.5 Å². The van der Waals surface area contributed by atoms with Crippen molar-refractivity contribution < 1.29 is 4.79 Å². The van der Waals surface area contributed by atoms with Crippen LogP contribution in [0.25, 0.3) is 22.0 Å². The summed E-state index contributed by atoms with van der Waals surface area (Å²) >= 11 is 0. The molecule has 0 aliphatic carbocycles. The van der Waals surface area contributed by atoms with Crippen LogP contribution in [0.15, 0.2) is 54.7 Å². The number of aryl methyl sites for hydroxylation is 1. The topological polar surface area (TPSA) is 22.0 Å². The van der Waals surface area contributed by atoms with E-state index in [1.807, 2.05) is 43.5 Å². The number of benzene rings is 2. The fourth-order valence-corrected chi connectivity index (χ4v) is 2.60. The highest BCUT2D eigenvalue weighted by molar-refractivity contribution is 6.02. The Kier molecular flexibility index (Phi) is 2.71. The predicted molar refractivity (Wildman–Crippen MR) is 78.4 cm³/mol. The minimum absolute atomic E-state index is 0.0447. The number of nitrogens with zero attached hydrogens (tertiary/aromatic N) is 1. The lowest BCUT2D eigenvalue weighted by molar-refractivity contribution is 0.0941. The number of carbonyl (C=O) groups is 1. The van der Waals surface area contributed by atoms with Crippen LogP contribution >= 0.6 is 0 Å². The Morgan fingerprint density at radius 1 is 1.00 bits per heavy atom. The molecule has 2 aromatic carbocycles. The van der Waals surface area contributed by atoms with Gasteiger partial charge in [-0.05, 0) is 29.7 Å². The van der Waals surface area contributed by atoms with Crippen molar-refractivity contribution in [2.24, 2.45) is 0 Å². The molecule has 0 unspecified atom stereocenters. The van der Waals surface area contributed by atoms with Crippen LogP contribution < -0.4 is 0 Å². The first kappa shape index (κ1) is 11.7. The maximum absolute atomic E-state index is 11.7. The van der Waals surface area contributed by atoms with Gasteiger partial charge >= 0.3 is 0 Å². The van der Waals surface area contributed by atoms with Crippen LogP contribution in [0.5, 0.6) is 0 Å². The van der Waals surface area contributed by atoms with Gasteiger partial charge in [-0.2, -0.15) is 0 Å². The zero-order valence-electron chi connectivity index (χ0n) is 11.1. The summed E-state index contributed by atoms with van der Waals surface area (Å²) in [7, 11) is 0. The molecule has 1 heterocycles. The lowest BCUT2D eigenvalue weighted by atomic mass is 10.00. The van der Waals surface area contributed by atoms with Gasteiger partial charge in [-0.15, -0.1) is 0 Å². The molecule has 0 spiro atoms. The number of hydrogen-bond donors (Lipinski definition) is 0. The third-order valence-corrected chi connectivity index (χ3v) is 3.44. The fourth-order valence-electron chi connectivity index (χ4n) is 2.60. The molecule has 0 bridgehead atoms. The van der Waals surface area contributed by atoms with Crippen LogP contribution in [0.4, 0.5) is 0 Å². The van der Waals surface area contributed by atoms with Crippen LogP contribution in [0, 0.1) is 6.92 Å². The van der Waals surface area contributed by atoms with Crippen molar-refractivity contribution in [3.63, 3.8) is 0 Å². The third-order valence-electron chi connectivity index (χ3n) is 3.44. The van der Waals surface area contributed by atoms with Crippen molar-refractivity contribution in [3.05, 3.63) is 60.3 Å².